The zero-order valence-electron chi connectivity index (χ0n) is 18.9. The molecule has 3 nitrogen and oxygen atoms in total. The van der Waals surface area contributed by atoms with Crippen LogP contribution in [0.2, 0.25) is 0 Å². The molecular weight excluding hydrogens is 393 g/mol. The first kappa shape index (κ1) is 25.9. The molecule has 2 fully saturated rings. The molecule has 0 aliphatic heterocycles. The minimum absolute atomic E-state index is 0.176. The lowest BCUT2D eigenvalue weighted by atomic mass is 9.92. The molecule has 0 aromatic heterocycles. The molecule has 0 aromatic rings. The molecule has 0 amide bonds. The lowest BCUT2D eigenvalue weighted by molar-refractivity contribution is -0.191. The zero-order valence-corrected chi connectivity index (χ0v) is 18.9. The normalized spacial score (nSPS) is 28.0. The van der Waals surface area contributed by atoms with E-state index >= 15 is 0 Å². The van der Waals surface area contributed by atoms with Gasteiger partial charge in [0.05, 0.1) is 24.4 Å². The highest BCUT2D eigenvalue weighted by Crippen LogP contribution is 2.30. The van der Waals surface area contributed by atoms with Crippen molar-refractivity contribution in [2.24, 2.45) is 0 Å². The lowest BCUT2D eigenvalue weighted by Gasteiger charge is -2.34. The molecule has 0 N–H and O–H groups in total. The summed E-state index contributed by atoms with van der Waals surface area (Å²) in [4.78, 5) is 0. The van der Waals surface area contributed by atoms with E-state index in [0.717, 1.165) is 45.1 Å². The van der Waals surface area contributed by atoms with Gasteiger partial charge in [-0.1, -0.05) is 51.9 Å². The highest BCUT2D eigenvalue weighted by molar-refractivity contribution is 4.78. The molecule has 0 unspecified atom stereocenters. The maximum atomic E-state index is 12.3. The van der Waals surface area contributed by atoms with Crippen LogP contribution in [-0.4, -0.2) is 43.8 Å². The minimum atomic E-state index is -4.23. The maximum absolute atomic E-state index is 12.3. The van der Waals surface area contributed by atoms with E-state index in [1.165, 1.54) is 51.4 Å². The van der Waals surface area contributed by atoms with E-state index in [1.54, 1.807) is 0 Å². The van der Waals surface area contributed by atoms with E-state index in [1.807, 2.05) is 0 Å². The molecule has 30 heavy (non-hydrogen) atoms. The van der Waals surface area contributed by atoms with Crippen LogP contribution in [0.15, 0.2) is 0 Å². The van der Waals surface area contributed by atoms with Crippen molar-refractivity contribution in [2.45, 2.75) is 140 Å². The number of alkyl halides is 3. The van der Waals surface area contributed by atoms with Crippen LogP contribution in [0.3, 0.4) is 0 Å². The first-order valence-electron chi connectivity index (χ1n) is 12.4. The molecule has 178 valence electrons. The van der Waals surface area contributed by atoms with E-state index in [4.69, 9.17) is 14.2 Å². The zero-order chi connectivity index (χ0) is 21.7. The smallest absolute Gasteiger partial charge is 0.378 e. The summed E-state index contributed by atoms with van der Waals surface area (Å²) in [5.41, 5.74) is 0. The topological polar surface area (TPSA) is 27.7 Å². The van der Waals surface area contributed by atoms with Gasteiger partial charge in [-0.2, -0.15) is 13.2 Å². The summed E-state index contributed by atoms with van der Waals surface area (Å²) in [6.45, 7) is 2.00. The van der Waals surface area contributed by atoms with Gasteiger partial charge in [-0.05, 0) is 57.8 Å². The number of hydrogen-bond donors (Lipinski definition) is 0. The van der Waals surface area contributed by atoms with Gasteiger partial charge in [-0.3, -0.25) is 0 Å². The largest absolute Gasteiger partial charge is 0.411 e. The quantitative estimate of drug-likeness (QED) is 0.266. The van der Waals surface area contributed by atoms with E-state index < -0.39 is 12.8 Å². The van der Waals surface area contributed by atoms with Crippen LogP contribution >= 0.6 is 0 Å². The Balaban J connectivity index is 1.44. The Morgan fingerprint density at radius 1 is 0.600 bits per heavy atom. The van der Waals surface area contributed by atoms with Crippen molar-refractivity contribution in [3.8, 4) is 0 Å². The summed E-state index contributed by atoms with van der Waals surface area (Å²) in [5.74, 6) is 0. The van der Waals surface area contributed by atoms with Crippen LogP contribution in [-0.2, 0) is 14.2 Å². The average Bonchev–Trinajstić information content (AvgIpc) is 2.73. The highest BCUT2D eigenvalue weighted by atomic mass is 19.4. The second-order valence-corrected chi connectivity index (χ2v) is 9.21. The number of hydrogen-bond acceptors (Lipinski definition) is 3. The van der Waals surface area contributed by atoms with Crippen LogP contribution in [0.5, 0.6) is 0 Å². The summed E-state index contributed by atoms with van der Waals surface area (Å²) < 4.78 is 54.1. The molecule has 6 heteroatoms. The van der Waals surface area contributed by atoms with Crippen LogP contribution < -0.4 is 0 Å². The van der Waals surface area contributed by atoms with Gasteiger partial charge in [0.1, 0.15) is 6.61 Å². The minimum Gasteiger partial charge on any atom is -0.378 e. The van der Waals surface area contributed by atoms with E-state index in [9.17, 15) is 13.2 Å². The standard InChI is InChI=1S/C24H43F3O3/c1-2-3-4-5-6-7-8-9-18-28-20-10-14-22(15-11-20)30-23-16-12-21(13-17-23)29-19-24(25,26)27/h20-23H,2-19H2,1H3. The first-order valence-corrected chi connectivity index (χ1v) is 12.4. The van der Waals surface area contributed by atoms with Gasteiger partial charge in [0, 0.05) is 6.61 Å². The van der Waals surface area contributed by atoms with E-state index in [0.29, 0.717) is 18.9 Å². The van der Waals surface area contributed by atoms with Gasteiger partial charge in [0.25, 0.3) is 0 Å². The molecule has 0 aromatic carbocycles. The summed E-state index contributed by atoms with van der Waals surface area (Å²) in [6.07, 6.45) is 14.0. The van der Waals surface area contributed by atoms with Gasteiger partial charge in [0.2, 0.25) is 0 Å². The molecular formula is C24H43F3O3. The second kappa shape index (κ2) is 14.7. The second-order valence-electron chi connectivity index (χ2n) is 9.21. The van der Waals surface area contributed by atoms with E-state index in [2.05, 4.69) is 6.92 Å². The van der Waals surface area contributed by atoms with Crippen molar-refractivity contribution in [3.05, 3.63) is 0 Å². The molecule has 0 atom stereocenters. The van der Waals surface area contributed by atoms with Crippen molar-refractivity contribution in [3.63, 3.8) is 0 Å². The van der Waals surface area contributed by atoms with Crippen molar-refractivity contribution in [1.29, 1.82) is 0 Å². The van der Waals surface area contributed by atoms with Gasteiger partial charge >= 0.3 is 6.18 Å². The Kier molecular flexibility index (Phi) is 12.7. The van der Waals surface area contributed by atoms with Crippen molar-refractivity contribution in [2.75, 3.05) is 13.2 Å². The van der Waals surface area contributed by atoms with Gasteiger partial charge < -0.3 is 14.2 Å². The van der Waals surface area contributed by atoms with Crippen LogP contribution in [0, 0.1) is 0 Å². The maximum Gasteiger partial charge on any atom is 0.411 e. The number of unbranched alkanes of at least 4 members (excludes halogenated alkanes) is 7. The Hall–Kier alpha value is -0.330. The number of rotatable bonds is 14. The molecule has 0 saturated heterocycles. The molecule has 2 saturated carbocycles. The fraction of sp³-hybridized carbons (Fsp3) is 1.00. The van der Waals surface area contributed by atoms with Crippen molar-refractivity contribution >= 4 is 0 Å². The Morgan fingerprint density at radius 2 is 1.03 bits per heavy atom. The molecule has 0 radical (unpaired) electrons. The number of ether oxygens (including phenoxy) is 3. The predicted octanol–water partition coefficient (Wildman–Crippen LogP) is 7.36. The molecule has 0 heterocycles. The molecule has 2 aliphatic carbocycles. The Labute approximate surface area is 181 Å². The highest BCUT2D eigenvalue weighted by Gasteiger charge is 2.32. The Bertz CT molecular complexity index is 414. The van der Waals surface area contributed by atoms with Gasteiger partial charge in [-0.25, -0.2) is 0 Å². The monoisotopic (exact) mass is 436 g/mol. The molecule has 2 aliphatic rings. The Morgan fingerprint density at radius 3 is 1.53 bits per heavy atom. The third kappa shape index (κ3) is 11.9. The van der Waals surface area contributed by atoms with Gasteiger partial charge in [0.15, 0.2) is 0 Å². The lowest BCUT2D eigenvalue weighted by Crippen LogP contribution is -2.34. The van der Waals surface area contributed by atoms with E-state index in [-0.39, 0.29) is 18.3 Å². The molecule has 0 bridgehead atoms. The SMILES string of the molecule is CCCCCCCCCCOC1CCC(OC2CCC(OCC(F)(F)F)CC2)CC1. The van der Waals surface area contributed by atoms with Crippen LogP contribution in [0.25, 0.3) is 0 Å². The summed E-state index contributed by atoms with van der Waals surface area (Å²) in [5, 5.41) is 0. The first-order chi connectivity index (χ1) is 14.5. The molecule has 2 rings (SSSR count). The summed E-state index contributed by atoms with van der Waals surface area (Å²) in [7, 11) is 0. The third-order valence-corrected chi connectivity index (χ3v) is 6.46. The fourth-order valence-electron chi connectivity index (χ4n) is 4.64. The van der Waals surface area contributed by atoms with Crippen LogP contribution in [0.4, 0.5) is 13.2 Å². The predicted molar refractivity (Wildman–Crippen MR) is 114 cm³/mol. The van der Waals surface area contributed by atoms with Crippen LogP contribution in [0.1, 0.15) is 110 Å². The summed E-state index contributed by atoms with van der Waals surface area (Å²) >= 11 is 0. The average molecular weight is 437 g/mol. The number of halogens is 3. The van der Waals surface area contributed by atoms with Crippen molar-refractivity contribution in [1.82, 2.24) is 0 Å². The molecule has 0 spiro atoms. The summed E-state index contributed by atoms with van der Waals surface area (Å²) in [6, 6.07) is 0. The third-order valence-electron chi connectivity index (χ3n) is 6.46. The van der Waals surface area contributed by atoms with Crippen molar-refractivity contribution < 1.29 is 27.4 Å². The van der Waals surface area contributed by atoms with Gasteiger partial charge in [-0.15, -0.1) is 0 Å². The fourth-order valence-corrected chi connectivity index (χ4v) is 4.64.